The molecule has 1 heterocycles. The van der Waals surface area contributed by atoms with Gasteiger partial charge in [-0.25, -0.2) is 4.98 Å². The number of ketones is 1. The van der Waals surface area contributed by atoms with Crippen LogP contribution in [0.2, 0.25) is 5.15 Å². The summed E-state index contributed by atoms with van der Waals surface area (Å²) in [5.41, 5.74) is 2.90. The number of hydrogen-bond donors (Lipinski definition) is 0. The topological polar surface area (TPSA) is 30.0 Å². The van der Waals surface area contributed by atoms with Gasteiger partial charge in [-0.15, -0.1) is 0 Å². The highest BCUT2D eigenvalue weighted by atomic mass is 35.5. The lowest BCUT2D eigenvalue weighted by atomic mass is 9.99. The van der Waals surface area contributed by atoms with E-state index in [0.717, 1.165) is 5.56 Å². The quantitative estimate of drug-likeness (QED) is 0.615. The van der Waals surface area contributed by atoms with Crippen molar-refractivity contribution in [2.75, 3.05) is 0 Å². The van der Waals surface area contributed by atoms with Crippen molar-refractivity contribution in [1.82, 2.24) is 4.98 Å². The fourth-order valence-corrected chi connectivity index (χ4v) is 2.06. The van der Waals surface area contributed by atoms with E-state index in [9.17, 15) is 4.79 Å². The van der Waals surface area contributed by atoms with Gasteiger partial charge in [0.15, 0.2) is 5.78 Å². The van der Waals surface area contributed by atoms with Crippen molar-refractivity contribution in [3.8, 4) is 0 Å². The zero-order valence-electron chi connectivity index (χ0n) is 11.1. The highest BCUT2D eigenvalue weighted by Crippen LogP contribution is 2.16. The van der Waals surface area contributed by atoms with Gasteiger partial charge in [-0.1, -0.05) is 49.7 Å². The number of halogens is 1. The lowest BCUT2D eigenvalue weighted by Crippen LogP contribution is -2.04. The predicted octanol–water partition coefficient (Wildman–Crippen LogP) is 4.28. The minimum Gasteiger partial charge on any atom is -0.294 e. The number of carbonyl (C=O) groups excluding carboxylic acids is 1. The van der Waals surface area contributed by atoms with Crippen molar-refractivity contribution in [2.45, 2.75) is 26.2 Å². The summed E-state index contributed by atoms with van der Waals surface area (Å²) >= 11 is 5.78. The molecule has 3 heteroatoms. The van der Waals surface area contributed by atoms with Crippen molar-refractivity contribution < 1.29 is 4.79 Å². The van der Waals surface area contributed by atoms with Crippen molar-refractivity contribution in [1.29, 1.82) is 0 Å². The number of pyridine rings is 1. The molecule has 0 aliphatic carbocycles. The smallest absolute Gasteiger partial charge is 0.167 e. The van der Waals surface area contributed by atoms with Gasteiger partial charge in [-0.2, -0.15) is 0 Å². The number of rotatable bonds is 4. The lowest BCUT2D eigenvalue weighted by Gasteiger charge is -2.06. The maximum absolute atomic E-state index is 12.1. The van der Waals surface area contributed by atoms with Crippen LogP contribution in [0.15, 0.2) is 42.6 Å². The minimum atomic E-state index is 0.0570. The number of hydrogen-bond acceptors (Lipinski definition) is 2. The maximum Gasteiger partial charge on any atom is 0.167 e. The summed E-state index contributed by atoms with van der Waals surface area (Å²) in [5.74, 6) is 0.561. The summed E-state index contributed by atoms with van der Waals surface area (Å²) < 4.78 is 0. The van der Waals surface area contributed by atoms with E-state index in [1.54, 1.807) is 18.3 Å². The first-order valence-electron chi connectivity index (χ1n) is 6.30. The zero-order chi connectivity index (χ0) is 13.8. The Hall–Kier alpha value is -1.67. The standard InChI is InChI=1S/C16H16ClNO/c1-11(2)13-5-3-12(4-6-13)9-15(19)14-7-8-18-16(17)10-14/h3-8,10-11H,9H2,1-2H3. The maximum atomic E-state index is 12.1. The lowest BCUT2D eigenvalue weighted by molar-refractivity contribution is 0.0993. The Bertz CT molecular complexity index is 576. The van der Waals surface area contributed by atoms with E-state index in [1.807, 2.05) is 12.1 Å². The van der Waals surface area contributed by atoms with Crippen LogP contribution in [0.1, 0.15) is 41.3 Å². The van der Waals surface area contributed by atoms with Crippen LogP contribution in [0.3, 0.4) is 0 Å². The van der Waals surface area contributed by atoms with Crippen molar-refractivity contribution >= 4 is 17.4 Å². The second-order valence-corrected chi connectivity index (χ2v) is 5.25. The Kier molecular flexibility index (Phi) is 4.33. The van der Waals surface area contributed by atoms with Crippen LogP contribution in [0.5, 0.6) is 0 Å². The molecule has 0 spiro atoms. The molecule has 0 saturated carbocycles. The number of nitrogens with zero attached hydrogens (tertiary/aromatic N) is 1. The molecular formula is C16H16ClNO. The van der Waals surface area contributed by atoms with Crippen molar-refractivity contribution in [3.63, 3.8) is 0 Å². The Balaban J connectivity index is 2.10. The fourth-order valence-electron chi connectivity index (χ4n) is 1.88. The molecule has 0 bridgehead atoms. The molecule has 0 N–H and O–H groups in total. The first-order valence-corrected chi connectivity index (χ1v) is 6.67. The van der Waals surface area contributed by atoms with E-state index in [0.29, 0.717) is 23.1 Å². The molecule has 2 nitrogen and oxygen atoms in total. The van der Waals surface area contributed by atoms with E-state index in [-0.39, 0.29) is 5.78 Å². The molecule has 0 saturated heterocycles. The van der Waals surface area contributed by atoms with Crippen LogP contribution in [-0.2, 0) is 6.42 Å². The third-order valence-electron chi connectivity index (χ3n) is 3.06. The van der Waals surface area contributed by atoms with Gasteiger partial charge in [0.25, 0.3) is 0 Å². The monoisotopic (exact) mass is 273 g/mol. The molecule has 0 aliphatic rings. The normalized spacial score (nSPS) is 10.7. The first-order chi connectivity index (χ1) is 9.06. The van der Waals surface area contributed by atoms with E-state index >= 15 is 0 Å². The first kappa shape index (κ1) is 13.8. The molecule has 19 heavy (non-hydrogen) atoms. The fraction of sp³-hybridized carbons (Fsp3) is 0.250. The van der Waals surface area contributed by atoms with E-state index in [4.69, 9.17) is 11.6 Å². The largest absolute Gasteiger partial charge is 0.294 e. The van der Waals surface area contributed by atoms with E-state index in [2.05, 4.69) is 31.0 Å². The summed E-state index contributed by atoms with van der Waals surface area (Å²) in [6.07, 6.45) is 1.94. The van der Waals surface area contributed by atoms with Gasteiger partial charge in [-0.3, -0.25) is 4.79 Å². The minimum absolute atomic E-state index is 0.0570. The van der Waals surface area contributed by atoms with Gasteiger partial charge in [-0.05, 0) is 29.2 Å². The predicted molar refractivity (Wildman–Crippen MR) is 77.8 cm³/mol. The molecule has 0 aliphatic heterocycles. The Morgan fingerprint density at radius 2 is 1.89 bits per heavy atom. The summed E-state index contributed by atoms with van der Waals surface area (Å²) in [4.78, 5) is 16.0. The van der Waals surface area contributed by atoms with Gasteiger partial charge in [0.05, 0.1) is 0 Å². The van der Waals surface area contributed by atoms with Gasteiger partial charge >= 0.3 is 0 Å². The molecule has 0 radical (unpaired) electrons. The van der Waals surface area contributed by atoms with Gasteiger partial charge in [0, 0.05) is 18.2 Å². The summed E-state index contributed by atoms with van der Waals surface area (Å²) in [6, 6.07) is 11.5. The third-order valence-corrected chi connectivity index (χ3v) is 3.27. The highest BCUT2D eigenvalue weighted by molar-refractivity contribution is 6.29. The Labute approximate surface area is 118 Å². The molecule has 98 valence electrons. The molecule has 1 aromatic heterocycles. The SMILES string of the molecule is CC(C)c1ccc(CC(=O)c2ccnc(Cl)c2)cc1. The molecule has 0 fully saturated rings. The molecule has 0 unspecified atom stereocenters. The van der Waals surface area contributed by atoms with Gasteiger partial charge in [0.1, 0.15) is 5.15 Å². The molecule has 0 atom stereocenters. The molecule has 2 rings (SSSR count). The van der Waals surface area contributed by atoms with Crippen LogP contribution in [0.4, 0.5) is 0 Å². The van der Waals surface area contributed by atoms with Crippen molar-refractivity contribution in [3.05, 3.63) is 64.4 Å². The Morgan fingerprint density at radius 3 is 2.47 bits per heavy atom. The van der Waals surface area contributed by atoms with Crippen LogP contribution < -0.4 is 0 Å². The van der Waals surface area contributed by atoms with Crippen LogP contribution >= 0.6 is 11.6 Å². The molecular weight excluding hydrogens is 258 g/mol. The molecule has 1 aromatic carbocycles. The average molecular weight is 274 g/mol. The van der Waals surface area contributed by atoms with E-state index < -0.39 is 0 Å². The van der Waals surface area contributed by atoms with E-state index in [1.165, 1.54) is 5.56 Å². The summed E-state index contributed by atoms with van der Waals surface area (Å²) in [7, 11) is 0. The Morgan fingerprint density at radius 1 is 1.21 bits per heavy atom. The van der Waals surface area contributed by atoms with Gasteiger partial charge < -0.3 is 0 Å². The highest BCUT2D eigenvalue weighted by Gasteiger charge is 2.08. The summed E-state index contributed by atoms with van der Waals surface area (Å²) in [5, 5.41) is 0.348. The molecule has 2 aromatic rings. The van der Waals surface area contributed by atoms with Crippen molar-refractivity contribution in [2.24, 2.45) is 0 Å². The van der Waals surface area contributed by atoms with Crippen LogP contribution in [0.25, 0.3) is 0 Å². The van der Waals surface area contributed by atoms with Crippen LogP contribution in [0, 0.1) is 0 Å². The van der Waals surface area contributed by atoms with Crippen LogP contribution in [-0.4, -0.2) is 10.8 Å². The number of carbonyl (C=O) groups is 1. The zero-order valence-corrected chi connectivity index (χ0v) is 11.8. The number of Topliss-reactive ketones (excluding diaryl/α,β-unsaturated/α-hetero) is 1. The average Bonchev–Trinajstić information content (AvgIpc) is 2.39. The third kappa shape index (κ3) is 3.65. The summed E-state index contributed by atoms with van der Waals surface area (Å²) in [6.45, 7) is 4.30. The molecule has 0 amide bonds. The second-order valence-electron chi connectivity index (χ2n) is 4.86. The van der Waals surface area contributed by atoms with Gasteiger partial charge in [0.2, 0.25) is 0 Å². The number of aromatic nitrogens is 1. The number of benzene rings is 1. The second kappa shape index (κ2) is 5.98.